The van der Waals surface area contributed by atoms with Crippen molar-refractivity contribution >= 4 is 0 Å². The zero-order chi connectivity index (χ0) is 11.1. The molecule has 2 nitrogen and oxygen atoms in total. The molecule has 1 fully saturated rings. The summed E-state index contributed by atoms with van der Waals surface area (Å²) in [5, 5.41) is 9.75. The highest BCUT2D eigenvalue weighted by Gasteiger charge is 2.42. The van der Waals surface area contributed by atoms with Gasteiger partial charge in [0.1, 0.15) is 0 Å². The molecule has 0 aromatic heterocycles. The molecule has 1 saturated heterocycles. The van der Waals surface area contributed by atoms with E-state index >= 15 is 0 Å². The van der Waals surface area contributed by atoms with Crippen LogP contribution >= 0.6 is 0 Å². The second-order valence-corrected chi connectivity index (χ2v) is 6.59. The highest BCUT2D eigenvalue weighted by molar-refractivity contribution is 4.97. The fraction of sp³-hybridized carbons (Fsp3) is 1.00. The molecule has 1 heterocycles. The first kappa shape index (κ1) is 12.0. The summed E-state index contributed by atoms with van der Waals surface area (Å²) >= 11 is 0. The SMILES string of the molecule is CC(C)(C)C1CC(O)CN1C(C)(C)C. The lowest BCUT2D eigenvalue weighted by molar-refractivity contribution is 0.0551. The van der Waals surface area contributed by atoms with Gasteiger partial charge in [-0.25, -0.2) is 0 Å². The molecule has 0 aliphatic carbocycles. The highest BCUT2D eigenvalue weighted by atomic mass is 16.3. The molecule has 14 heavy (non-hydrogen) atoms. The topological polar surface area (TPSA) is 23.5 Å². The second kappa shape index (κ2) is 3.49. The highest BCUT2D eigenvalue weighted by Crippen LogP contribution is 2.36. The fourth-order valence-electron chi connectivity index (χ4n) is 2.38. The van der Waals surface area contributed by atoms with Crippen LogP contribution in [-0.4, -0.2) is 34.2 Å². The Morgan fingerprint density at radius 3 is 1.86 bits per heavy atom. The van der Waals surface area contributed by atoms with E-state index in [4.69, 9.17) is 0 Å². The number of aliphatic hydroxyl groups is 1. The van der Waals surface area contributed by atoms with Crippen LogP contribution in [0.2, 0.25) is 0 Å². The van der Waals surface area contributed by atoms with Crippen LogP contribution in [0.4, 0.5) is 0 Å². The molecule has 0 aromatic rings. The van der Waals surface area contributed by atoms with Crippen LogP contribution in [-0.2, 0) is 0 Å². The summed E-state index contributed by atoms with van der Waals surface area (Å²) in [7, 11) is 0. The maximum atomic E-state index is 9.75. The van der Waals surface area contributed by atoms with E-state index in [0.717, 1.165) is 13.0 Å². The molecule has 0 radical (unpaired) electrons. The van der Waals surface area contributed by atoms with Gasteiger partial charge in [-0.3, -0.25) is 4.90 Å². The number of hydrogen-bond donors (Lipinski definition) is 1. The molecule has 84 valence electrons. The molecule has 0 amide bonds. The Bertz CT molecular complexity index is 177. The normalized spacial score (nSPS) is 31.1. The van der Waals surface area contributed by atoms with Crippen molar-refractivity contribution in [2.45, 2.75) is 65.6 Å². The van der Waals surface area contributed by atoms with Gasteiger partial charge in [-0.05, 0) is 32.6 Å². The molecule has 0 spiro atoms. The van der Waals surface area contributed by atoms with E-state index in [1.54, 1.807) is 0 Å². The van der Waals surface area contributed by atoms with E-state index in [1.807, 2.05) is 0 Å². The molecule has 1 aliphatic rings. The van der Waals surface area contributed by atoms with Crippen molar-refractivity contribution in [3.05, 3.63) is 0 Å². The average molecular weight is 199 g/mol. The Kier molecular flexibility index (Phi) is 2.99. The van der Waals surface area contributed by atoms with Crippen LogP contribution in [0.5, 0.6) is 0 Å². The van der Waals surface area contributed by atoms with E-state index in [0.29, 0.717) is 6.04 Å². The lowest BCUT2D eigenvalue weighted by Crippen LogP contribution is -2.49. The number of rotatable bonds is 0. The van der Waals surface area contributed by atoms with E-state index < -0.39 is 0 Å². The number of nitrogens with zero attached hydrogens (tertiary/aromatic N) is 1. The smallest absolute Gasteiger partial charge is 0.0682 e. The predicted molar refractivity (Wildman–Crippen MR) is 60.3 cm³/mol. The van der Waals surface area contributed by atoms with Crippen molar-refractivity contribution in [2.24, 2.45) is 5.41 Å². The van der Waals surface area contributed by atoms with Crippen LogP contribution in [0.1, 0.15) is 48.0 Å². The minimum absolute atomic E-state index is 0.140. The van der Waals surface area contributed by atoms with E-state index in [9.17, 15) is 5.11 Å². The van der Waals surface area contributed by atoms with Gasteiger partial charge in [0.05, 0.1) is 6.10 Å². The minimum Gasteiger partial charge on any atom is -0.392 e. The first-order chi connectivity index (χ1) is 6.12. The third-order valence-electron chi connectivity index (χ3n) is 3.14. The number of hydrogen-bond acceptors (Lipinski definition) is 2. The zero-order valence-corrected chi connectivity index (χ0v) is 10.5. The molecular weight excluding hydrogens is 174 g/mol. The van der Waals surface area contributed by atoms with Gasteiger partial charge in [0.15, 0.2) is 0 Å². The lowest BCUT2D eigenvalue weighted by atomic mass is 9.83. The molecule has 2 unspecified atom stereocenters. The van der Waals surface area contributed by atoms with Crippen molar-refractivity contribution in [1.29, 1.82) is 0 Å². The number of aliphatic hydroxyl groups excluding tert-OH is 1. The molecule has 1 rings (SSSR count). The lowest BCUT2D eigenvalue weighted by Gasteiger charge is -2.42. The Labute approximate surface area is 88.3 Å². The summed E-state index contributed by atoms with van der Waals surface area (Å²) in [4.78, 5) is 2.44. The Morgan fingerprint density at radius 1 is 1.07 bits per heavy atom. The van der Waals surface area contributed by atoms with Crippen molar-refractivity contribution in [1.82, 2.24) is 4.90 Å². The van der Waals surface area contributed by atoms with Crippen molar-refractivity contribution in [3.63, 3.8) is 0 Å². The molecular formula is C12H25NO. The second-order valence-electron chi connectivity index (χ2n) is 6.59. The van der Waals surface area contributed by atoms with Crippen LogP contribution < -0.4 is 0 Å². The summed E-state index contributed by atoms with van der Waals surface area (Å²) < 4.78 is 0. The van der Waals surface area contributed by atoms with Crippen LogP contribution in [0.15, 0.2) is 0 Å². The van der Waals surface area contributed by atoms with Gasteiger partial charge in [0, 0.05) is 18.1 Å². The Morgan fingerprint density at radius 2 is 1.57 bits per heavy atom. The molecule has 2 atom stereocenters. The molecule has 0 aromatic carbocycles. The zero-order valence-electron chi connectivity index (χ0n) is 10.5. The van der Waals surface area contributed by atoms with Gasteiger partial charge < -0.3 is 5.11 Å². The summed E-state index contributed by atoms with van der Waals surface area (Å²) in [5.41, 5.74) is 0.417. The van der Waals surface area contributed by atoms with Crippen molar-refractivity contribution in [3.8, 4) is 0 Å². The average Bonchev–Trinajstić information content (AvgIpc) is 2.27. The first-order valence-electron chi connectivity index (χ1n) is 5.57. The largest absolute Gasteiger partial charge is 0.392 e. The standard InChI is InChI=1S/C12H25NO/c1-11(2,3)10-7-9(14)8-13(10)12(4,5)6/h9-10,14H,7-8H2,1-6H3. The third kappa shape index (κ3) is 2.48. The van der Waals surface area contributed by atoms with Gasteiger partial charge in [0.2, 0.25) is 0 Å². The van der Waals surface area contributed by atoms with E-state index in [1.165, 1.54) is 0 Å². The summed E-state index contributed by atoms with van der Waals surface area (Å²) in [5.74, 6) is 0. The molecule has 2 heteroatoms. The monoisotopic (exact) mass is 199 g/mol. The van der Waals surface area contributed by atoms with Crippen LogP contribution in [0.25, 0.3) is 0 Å². The maximum absolute atomic E-state index is 9.75. The molecule has 0 saturated carbocycles. The number of likely N-dealkylation sites (tertiary alicyclic amines) is 1. The molecule has 0 bridgehead atoms. The summed E-state index contributed by atoms with van der Waals surface area (Å²) in [6.45, 7) is 14.3. The van der Waals surface area contributed by atoms with Crippen LogP contribution in [0.3, 0.4) is 0 Å². The minimum atomic E-state index is -0.140. The van der Waals surface area contributed by atoms with Crippen molar-refractivity contribution < 1.29 is 5.11 Å². The van der Waals surface area contributed by atoms with Crippen LogP contribution in [0, 0.1) is 5.41 Å². The third-order valence-corrected chi connectivity index (χ3v) is 3.14. The summed E-state index contributed by atoms with van der Waals surface area (Å²) in [6, 6.07) is 0.498. The quantitative estimate of drug-likeness (QED) is 0.647. The Hall–Kier alpha value is -0.0800. The van der Waals surface area contributed by atoms with Gasteiger partial charge >= 0.3 is 0 Å². The molecule has 1 N–H and O–H groups in total. The van der Waals surface area contributed by atoms with E-state index in [2.05, 4.69) is 46.4 Å². The number of β-amino-alcohol motifs (C(OH)–C–C–N with tert-alkyl or cyclic N) is 1. The van der Waals surface area contributed by atoms with Gasteiger partial charge in [-0.15, -0.1) is 0 Å². The van der Waals surface area contributed by atoms with E-state index in [-0.39, 0.29) is 17.1 Å². The maximum Gasteiger partial charge on any atom is 0.0682 e. The summed E-state index contributed by atoms with van der Waals surface area (Å²) in [6.07, 6.45) is 0.777. The predicted octanol–water partition coefficient (Wildman–Crippen LogP) is 2.27. The Balaban J connectivity index is 2.84. The van der Waals surface area contributed by atoms with Gasteiger partial charge in [0.25, 0.3) is 0 Å². The van der Waals surface area contributed by atoms with Gasteiger partial charge in [-0.1, -0.05) is 20.8 Å². The van der Waals surface area contributed by atoms with Crippen molar-refractivity contribution in [2.75, 3.05) is 6.54 Å². The first-order valence-corrected chi connectivity index (χ1v) is 5.57. The fourth-order valence-corrected chi connectivity index (χ4v) is 2.38. The van der Waals surface area contributed by atoms with Gasteiger partial charge in [-0.2, -0.15) is 0 Å². The molecule has 1 aliphatic heterocycles.